The molecule has 6 nitrogen and oxygen atoms in total. The summed E-state index contributed by atoms with van der Waals surface area (Å²) in [7, 11) is 0. The average molecular weight is 459 g/mol. The van der Waals surface area contributed by atoms with Gasteiger partial charge >= 0.3 is 0 Å². The van der Waals surface area contributed by atoms with Crippen molar-refractivity contribution in [2.24, 2.45) is 23.7 Å². The van der Waals surface area contributed by atoms with Crippen molar-refractivity contribution in [3.05, 3.63) is 60.2 Å². The number of anilines is 2. The second-order valence-corrected chi connectivity index (χ2v) is 10.3. The van der Waals surface area contributed by atoms with Gasteiger partial charge in [-0.05, 0) is 104 Å². The van der Waals surface area contributed by atoms with Crippen LogP contribution in [0.15, 0.2) is 54.6 Å². The van der Waals surface area contributed by atoms with E-state index in [1.54, 1.807) is 30.3 Å². The van der Waals surface area contributed by atoms with E-state index in [2.05, 4.69) is 6.07 Å². The van der Waals surface area contributed by atoms with Gasteiger partial charge in [-0.3, -0.25) is 0 Å². The molecule has 0 unspecified atom stereocenters. The lowest BCUT2D eigenvalue weighted by Crippen LogP contribution is -2.43. The molecule has 0 amide bonds. The van der Waals surface area contributed by atoms with E-state index in [-0.39, 0.29) is 11.5 Å². The van der Waals surface area contributed by atoms with Gasteiger partial charge in [0.25, 0.3) is 0 Å². The number of nitrogens with two attached hydrogens (primary N) is 2. The molecule has 3 aromatic carbocycles. The molecule has 7 rings (SSSR count). The Morgan fingerprint density at radius 2 is 1.12 bits per heavy atom. The molecular weight excluding hydrogens is 428 g/mol. The Labute approximate surface area is 199 Å². The van der Waals surface area contributed by atoms with Gasteiger partial charge in [0, 0.05) is 17.7 Å². The molecule has 0 spiro atoms. The van der Waals surface area contributed by atoms with E-state index in [1.807, 2.05) is 12.1 Å². The van der Waals surface area contributed by atoms with Gasteiger partial charge < -0.3 is 31.2 Å². The fraction of sp³-hybridized carbons (Fsp3) is 0.357. The Balaban J connectivity index is 1.37. The van der Waals surface area contributed by atoms with E-state index >= 15 is 0 Å². The Kier molecular flexibility index (Phi) is 4.97. The maximum Gasteiger partial charge on any atom is 0.142 e. The number of ether oxygens (including phenoxy) is 2. The summed E-state index contributed by atoms with van der Waals surface area (Å²) in [6.07, 6.45) is 6.55. The number of hydrogen-bond donors (Lipinski definition) is 4. The number of phenols is 2. The molecule has 3 aromatic rings. The Morgan fingerprint density at radius 3 is 1.68 bits per heavy atom. The number of phenolic OH excluding ortho intramolecular Hbond substituents is 2. The molecule has 4 bridgehead atoms. The first-order valence-corrected chi connectivity index (χ1v) is 12.1. The summed E-state index contributed by atoms with van der Waals surface area (Å²) in [6.45, 7) is 0. The lowest BCUT2D eigenvalue weighted by molar-refractivity contribution is -0.00340. The minimum atomic E-state index is 0.00173. The van der Waals surface area contributed by atoms with Crippen molar-refractivity contribution < 1.29 is 19.7 Å². The lowest BCUT2D eigenvalue weighted by Gasteiger charge is -2.54. The normalized spacial score (nSPS) is 27.0. The highest BCUT2D eigenvalue weighted by molar-refractivity contribution is 5.57. The van der Waals surface area contributed by atoms with Crippen molar-refractivity contribution in [1.29, 1.82) is 0 Å². The van der Waals surface area contributed by atoms with Gasteiger partial charge in [0.1, 0.15) is 34.5 Å². The van der Waals surface area contributed by atoms with Crippen LogP contribution in [0.3, 0.4) is 0 Å². The predicted octanol–water partition coefficient (Wildman–Crippen LogP) is 6.39. The molecule has 34 heavy (non-hydrogen) atoms. The van der Waals surface area contributed by atoms with Gasteiger partial charge in [-0.2, -0.15) is 0 Å². The first-order valence-electron chi connectivity index (χ1n) is 12.1. The molecule has 4 aliphatic carbocycles. The fourth-order valence-electron chi connectivity index (χ4n) is 6.81. The summed E-state index contributed by atoms with van der Waals surface area (Å²) in [5.74, 6) is 6.06. The van der Waals surface area contributed by atoms with Crippen LogP contribution in [0, 0.1) is 23.7 Å². The monoisotopic (exact) mass is 458 g/mol. The summed E-state index contributed by atoms with van der Waals surface area (Å²) in [5, 5.41) is 20.0. The zero-order valence-corrected chi connectivity index (χ0v) is 19.0. The fourth-order valence-corrected chi connectivity index (χ4v) is 6.81. The quantitative estimate of drug-likeness (QED) is 0.261. The van der Waals surface area contributed by atoms with Gasteiger partial charge in [0.2, 0.25) is 0 Å². The number of rotatable bonds is 5. The minimum Gasteiger partial charge on any atom is -0.506 e. The molecule has 6 N–H and O–H groups in total. The molecule has 0 saturated heterocycles. The number of nitrogen functional groups attached to an aromatic ring is 2. The third kappa shape index (κ3) is 3.77. The van der Waals surface area contributed by atoms with E-state index in [0.717, 1.165) is 23.1 Å². The molecule has 0 aromatic heterocycles. The van der Waals surface area contributed by atoms with Crippen LogP contribution in [-0.2, 0) is 0 Å². The van der Waals surface area contributed by atoms with E-state index in [0.29, 0.717) is 46.4 Å². The summed E-state index contributed by atoms with van der Waals surface area (Å²) in [6, 6.07) is 15.8. The van der Waals surface area contributed by atoms with Crippen molar-refractivity contribution in [1.82, 2.24) is 0 Å². The molecule has 0 atom stereocenters. The molecule has 4 aliphatic rings. The van der Waals surface area contributed by atoms with Crippen LogP contribution in [-0.4, -0.2) is 10.2 Å². The van der Waals surface area contributed by atoms with Gasteiger partial charge in [-0.15, -0.1) is 0 Å². The number of benzene rings is 3. The summed E-state index contributed by atoms with van der Waals surface area (Å²) < 4.78 is 12.4. The van der Waals surface area contributed by atoms with Crippen LogP contribution in [0.2, 0.25) is 0 Å². The topological polar surface area (TPSA) is 111 Å². The maximum atomic E-state index is 10.1. The lowest BCUT2D eigenvalue weighted by atomic mass is 9.50. The molecule has 176 valence electrons. The van der Waals surface area contributed by atoms with E-state index in [9.17, 15) is 10.2 Å². The highest BCUT2D eigenvalue weighted by Gasteiger charge is 2.49. The molecule has 0 aliphatic heterocycles. The van der Waals surface area contributed by atoms with Gasteiger partial charge in [-0.1, -0.05) is 0 Å². The molecule has 0 radical (unpaired) electrons. The highest BCUT2D eigenvalue weighted by Crippen LogP contribution is 2.61. The zero-order chi connectivity index (χ0) is 23.4. The zero-order valence-electron chi connectivity index (χ0n) is 19.0. The van der Waals surface area contributed by atoms with Crippen LogP contribution in [0.4, 0.5) is 11.4 Å². The average Bonchev–Trinajstić information content (AvgIpc) is 2.79. The summed E-state index contributed by atoms with van der Waals surface area (Å²) >= 11 is 0. The molecule has 0 heterocycles. The smallest absolute Gasteiger partial charge is 0.142 e. The Hall–Kier alpha value is -3.54. The summed E-state index contributed by atoms with van der Waals surface area (Å²) in [5.41, 5.74) is 13.3. The van der Waals surface area contributed by atoms with E-state index in [1.165, 1.54) is 38.2 Å². The third-order valence-electron chi connectivity index (χ3n) is 8.03. The van der Waals surface area contributed by atoms with Crippen molar-refractivity contribution in [3.63, 3.8) is 0 Å². The first kappa shape index (κ1) is 21.0. The molecule has 4 saturated carbocycles. The van der Waals surface area contributed by atoms with Crippen molar-refractivity contribution in [2.75, 3.05) is 11.5 Å². The number of aromatic hydroxyl groups is 2. The molecular formula is C28H30N2O4. The molecule has 4 fully saturated rings. The largest absolute Gasteiger partial charge is 0.506 e. The number of hydrogen-bond acceptors (Lipinski definition) is 6. The van der Waals surface area contributed by atoms with Crippen molar-refractivity contribution in [2.45, 2.75) is 38.0 Å². The predicted molar refractivity (Wildman–Crippen MR) is 131 cm³/mol. The van der Waals surface area contributed by atoms with Crippen LogP contribution >= 0.6 is 0 Å². The van der Waals surface area contributed by atoms with E-state index < -0.39 is 0 Å². The minimum absolute atomic E-state index is 0.00173. The van der Waals surface area contributed by atoms with Gasteiger partial charge in [0.05, 0.1) is 11.4 Å². The standard InChI is InChI=1S/C28H30N2O4/c29-23-4-1-20(13-25(23)31)33-19-3-6-27(34-21-2-5-24(30)26(32)14-21)22(12-19)28-17-8-15-7-16(10-17)11-18(28)9-15/h1-6,12-18,28,31-32H,7-11,29-30H2. The van der Waals surface area contributed by atoms with Crippen LogP contribution in [0.25, 0.3) is 0 Å². The summed E-state index contributed by atoms with van der Waals surface area (Å²) in [4.78, 5) is 0. The second-order valence-electron chi connectivity index (χ2n) is 10.3. The van der Waals surface area contributed by atoms with Crippen LogP contribution < -0.4 is 20.9 Å². The first-order chi connectivity index (χ1) is 16.4. The van der Waals surface area contributed by atoms with Crippen LogP contribution in [0.5, 0.6) is 34.5 Å². The van der Waals surface area contributed by atoms with Crippen LogP contribution in [0.1, 0.15) is 43.6 Å². The van der Waals surface area contributed by atoms with Gasteiger partial charge in [-0.25, -0.2) is 0 Å². The van der Waals surface area contributed by atoms with Crippen molar-refractivity contribution in [3.8, 4) is 34.5 Å². The maximum absolute atomic E-state index is 10.1. The second kappa shape index (κ2) is 8.05. The third-order valence-corrected chi connectivity index (χ3v) is 8.03. The highest BCUT2D eigenvalue weighted by atomic mass is 16.5. The Morgan fingerprint density at radius 1 is 0.618 bits per heavy atom. The Bertz CT molecular complexity index is 1210. The van der Waals surface area contributed by atoms with Gasteiger partial charge in [0.15, 0.2) is 0 Å². The van der Waals surface area contributed by atoms with Crippen molar-refractivity contribution >= 4 is 11.4 Å². The molecule has 6 heteroatoms. The SMILES string of the molecule is Nc1ccc(Oc2ccc(Oc3ccc(N)c(O)c3)c(C3C4CC5CC(C4)CC3C5)c2)cc1O. The van der Waals surface area contributed by atoms with E-state index in [4.69, 9.17) is 20.9 Å².